The summed E-state index contributed by atoms with van der Waals surface area (Å²) in [6.07, 6.45) is -0.966. The van der Waals surface area contributed by atoms with E-state index in [2.05, 4.69) is 9.97 Å². The van der Waals surface area contributed by atoms with E-state index in [-0.39, 0.29) is 0 Å². The predicted octanol–water partition coefficient (Wildman–Crippen LogP) is 4.12. The van der Waals surface area contributed by atoms with Crippen molar-refractivity contribution in [3.63, 3.8) is 0 Å². The molecule has 0 aliphatic heterocycles. The molecule has 0 saturated carbocycles. The van der Waals surface area contributed by atoms with Crippen molar-refractivity contribution in [2.75, 3.05) is 0 Å². The minimum atomic E-state index is -4.35. The lowest BCUT2D eigenvalue weighted by molar-refractivity contribution is -0.137. The van der Waals surface area contributed by atoms with Crippen molar-refractivity contribution in [1.82, 2.24) is 14.4 Å². The molecule has 20 heavy (non-hydrogen) atoms. The van der Waals surface area contributed by atoms with Gasteiger partial charge in [-0.3, -0.25) is 9.38 Å². The molecule has 0 fully saturated rings. The second kappa shape index (κ2) is 3.69. The van der Waals surface area contributed by atoms with Crippen LogP contribution < -0.4 is 0 Å². The van der Waals surface area contributed by atoms with Crippen LogP contribution >= 0.6 is 11.3 Å². The molecule has 0 radical (unpaired) electrons. The molecule has 0 spiro atoms. The number of nitrogens with zero attached hydrogens (tertiary/aromatic N) is 3. The first-order valence-electron chi connectivity index (χ1n) is 5.76. The van der Waals surface area contributed by atoms with E-state index in [9.17, 15) is 13.2 Å². The smallest absolute Gasteiger partial charge is 0.283 e. The number of rotatable bonds is 0. The molecule has 0 N–H and O–H groups in total. The van der Waals surface area contributed by atoms with Gasteiger partial charge in [0.1, 0.15) is 0 Å². The second-order valence-corrected chi connectivity index (χ2v) is 5.39. The van der Waals surface area contributed by atoms with Crippen LogP contribution in [0.4, 0.5) is 13.2 Å². The standard InChI is InChI=1S/C13H6F3N3S/c14-13(15,16)7-1-2-9-8(5-7)18-12-19(9)10-3-4-17-6-11(10)20-12/h1-6H. The molecular weight excluding hydrogens is 287 g/mol. The average molecular weight is 293 g/mol. The SMILES string of the molecule is FC(F)(F)c1ccc2c(c1)nc1sc3cnccc3n12. The first kappa shape index (κ1) is 11.7. The van der Waals surface area contributed by atoms with Crippen LogP contribution in [0.1, 0.15) is 5.56 Å². The summed E-state index contributed by atoms with van der Waals surface area (Å²) < 4.78 is 40.9. The number of alkyl halides is 3. The summed E-state index contributed by atoms with van der Waals surface area (Å²) in [6.45, 7) is 0. The number of fused-ring (bicyclic) bond motifs is 5. The summed E-state index contributed by atoms with van der Waals surface area (Å²) in [5.41, 5.74) is 1.25. The molecule has 3 aromatic heterocycles. The lowest BCUT2D eigenvalue weighted by Gasteiger charge is -2.05. The zero-order valence-electron chi connectivity index (χ0n) is 9.85. The van der Waals surface area contributed by atoms with E-state index in [0.717, 1.165) is 22.3 Å². The van der Waals surface area contributed by atoms with E-state index in [1.54, 1.807) is 12.4 Å². The largest absolute Gasteiger partial charge is 0.416 e. The topological polar surface area (TPSA) is 30.2 Å². The Morgan fingerprint density at radius 1 is 1.10 bits per heavy atom. The third kappa shape index (κ3) is 1.53. The van der Waals surface area contributed by atoms with Crippen LogP contribution in [-0.4, -0.2) is 14.4 Å². The molecule has 1 aromatic carbocycles. The number of thiazole rings is 1. The van der Waals surface area contributed by atoms with Gasteiger partial charge in [0.05, 0.1) is 26.8 Å². The van der Waals surface area contributed by atoms with Gasteiger partial charge in [-0.2, -0.15) is 13.2 Å². The van der Waals surface area contributed by atoms with Crippen LogP contribution in [0, 0.1) is 0 Å². The zero-order chi connectivity index (χ0) is 13.9. The van der Waals surface area contributed by atoms with Gasteiger partial charge in [-0.1, -0.05) is 11.3 Å². The Labute approximate surface area is 114 Å². The first-order chi connectivity index (χ1) is 9.54. The molecule has 0 atom stereocenters. The summed E-state index contributed by atoms with van der Waals surface area (Å²) in [7, 11) is 0. The van der Waals surface area contributed by atoms with Gasteiger partial charge in [-0.25, -0.2) is 4.98 Å². The van der Waals surface area contributed by atoms with Crippen molar-refractivity contribution in [3.05, 3.63) is 42.2 Å². The van der Waals surface area contributed by atoms with Crippen LogP contribution in [0.25, 0.3) is 26.2 Å². The lowest BCUT2D eigenvalue weighted by Crippen LogP contribution is -2.04. The van der Waals surface area contributed by atoms with Gasteiger partial charge in [-0.05, 0) is 24.3 Å². The molecule has 0 unspecified atom stereocenters. The molecule has 100 valence electrons. The van der Waals surface area contributed by atoms with Crippen molar-refractivity contribution in [2.24, 2.45) is 0 Å². The molecule has 0 saturated heterocycles. The highest BCUT2D eigenvalue weighted by molar-refractivity contribution is 7.23. The molecular formula is C13H6F3N3S. The minimum Gasteiger partial charge on any atom is -0.283 e. The minimum absolute atomic E-state index is 0.352. The van der Waals surface area contributed by atoms with Crippen molar-refractivity contribution < 1.29 is 13.2 Å². The Balaban J connectivity index is 2.11. The van der Waals surface area contributed by atoms with E-state index in [1.807, 2.05) is 10.5 Å². The highest BCUT2D eigenvalue weighted by atomic mass is 32.1. The Bertz CT molecular complexity index is 952. The summed E-state index contributed by atoms with van der Waals surface area (Å²) in [5.74, 6) is 0. The van der Waals surface area contributed by atoms with Crippen LogP contribution in [-0.2, 0) is 6.18 Å². The van der Waals surface area contributed by atoms with Gasteiger partial charge in [0.15, 0.2) is 4.96 Å². The number of halogens is 3. The van der Waals surface area contributed by atoms with E-state index in [1.165, 1.54) is 17.4 Å². The molecule has 0 amide bonds. The van der Waals surface area contributed by atoms with Crippen molar-refractivity contribution >= 4 is 37.5 Å². The predicted molar refractivity (Wildman–Crippen MR) is 70.9 cm³/mol. The van der Waals surface area contributed by atoms with Crippen molar-refractivity contribution in [2.45, 2.75) is 6.18 Å². The maximum atomic E-state index is 12.7. The Morgan fingerprint density at radius 3 is 2.75 bits per heavy atom. The molecule has 0 aliphatic rings. The molecule has 4 aromatic rings. The van der Waals surface area contributed by atoms with Crippen LogP contribution in [0.5, 0.6) is 0 Å². The van der Waals surface area contributed by atoms with E-state index in [4.69, 9.17) is 0 Å². The molecule has 3 nitrogen and oxygen atoms in total. The molecule has 7 heteroatoms. The summed E-state index contributed by atoms with van der Waals surface area (Å²) in [4.78, 5) is 8.98. The fraction of sp³-hybridized carbons (Fsp3) is 0.0769. The summed E-state index contributed by atoms with van der Waals surface area (Å²) in [6, 6.07) is 5.46. The number of hydrogen-bond acceptors (Lipinski definition) is 3. The fourth-order valence-corrected chi connectivity index (χ4v) is 3.28. The van der Waals surface area contributed by atoms with Crippen molar-refractivity contribution in [3.8, 4) is 0 Å². The van der Waals surface area contributed by atoms with Gasteiger partial charge < -0.3 is 0 Å². The number of hydrogen-bond donors (Lipinski definition) is 0. The van der Waals surface area contributed by atoms with Gasteiger partial charge in [-0.15, -0.1) is 0 Å². The Morgan fingerprint density at radius 2 is 1.95 bits per heavy atom. The molecule has 0 aliphatic carbocycles. The second-order valence-electron chi connectivity index (χ2n) is 4.38. The fourth-order valence-electron chi connectivity index (χ4n) is 2.27. The summed E-state index contributed by atoms with van der Waals surface area (Å²) in [5, 5.41) is 0. The third-order valence-electron chi connectivity index (χ3n) is 3.16. The highest BCUT2D eigenvalue weighted by Gasteiger charge is 2.31. The summed E-state index contributed by atoms with van der Waals surface area (Å²) >= 11 is 1.41. The Kier molecular flexibility index (Phi) is 2.15. The number of aromatic nitrogens is 3. The van der Waals surface area contributed by atoms with Crippen LogP contribution in [0.15, 0.2) is 36.7 Å². The van der Waals surface area contributed by atoms with Crippen LogP contribution in [0.3, 0.4) is 0 Å². The van der Waals surface area contributed by atoms with Gasteiger partial charge in [0.2, 0.25) is 0 Å². The number of imidazole rings is 1. The monoisotopic (exact) mass is 293 g/mol. The normalized spacial score (nSPS) is 12.8. The number of benzene rings is 1. The highest BCUT2D eigenvalue weighted by Crippen LogP contribution is 2.34. The molecule has 4 rings (SSSR count). The first-order valence-corrected chi connectivity index (χ1v) is 6.57. The van der Waals surface area contributed by atoms with E-state index in [0.29, 0.717) is 16.0 Å². The zero-order valence-corrected chi connectivity index (χ0v) is 10.7. The van der Waals surface area contributed by atoms with E-state index < -0.39 is 11.7 Å². The maximum Gasteiger partial charge on any atom is 0.416 e. The van der Waals surface area contributed by atoms with Gasteiger partial charge >= 0.3 is 6.18 Å². The quantitative estimate of drug-likeness (QED) is 0.488. The molecule has 3 heterocycles. The maximum absolute atomic E-state index is 12.7. The van der Waals surface area contributed by atoms with Crippen LogP contribution in [0.2, 0.25) is 0 Å². The van der Waals surface area contributed by atoms with Gasteiger partial charge in [0, 0.05) is 12.4 Å². The van der Waals surface area contributed by atoms with Crippen molar-refractivity contribution in [1.29, 1.82) is 0 Å². The van der Waals surface area contributed by atoms with E-state index >= 15 is 0 Å². The van der Waals surface area contributed by atoms with Gasteiger partial charge in [0.25, 0.3) is 0 Å². The molecule has 0 bridgehead atoms. The third-order valence-corrected chi connectivity index (χ3v) is 4.15. The average Bonchev–Trinajstić information content (AvgIpc) is 2.91. The lowest BCUT2D eigenvalue weighted by atomic mass is 10.2. The number of pyridine rings is 1. The Hall–Kier alpha value is -2.15.